The van der Waals surface area contributed by atoms with Crippen molar-refractivity contribution < 1.29 is 0 Å². The summed E-state index contributed by atoms with van der Waals surface area (Å²) in [7, 11) is 0. The van der Waals surface area contributed by atoms with E-state index in [9.17, 15) is 0 Å². The molecule has 0 nitrogen and oxygen atoms in total. The zero-order valence-corrected chi connectivity index (χ0v) is 8.91. The average Bonchev–Trinajstić information content (AvgIpc) is 2.20. The van der Waals surface area contributed by atoms with Crippen LogP contribution in [0.4, 0.5) is 0 Å². The molecule has 0 aromatic carbocycles. The van der Waals surface area contributed by atoms with E-state index in [0.717, 1.165) is 0 Å². The van der Waals surface area contributed by atoms with E-state index in [1.165, 1.54) is 19.3 Å². The molecule has 1 saturated carbocycles. The lowest BCUT2D eigenvalue weighted by molar-refractivity contribution is 0.263. The lowest BCUT2D eigenvalue weighted by Gasteiger charge is -2.36. The van der Waals surface area contributed by atoms with E-state index in [4.69, 9.17) is 11.6 Å². The predicted molar refractivity (Wildman–Crippen MR) is 53.5 cm³/mol. The zero-order chi connectivity index (χ0) is 8.93. The molecule has 0 saturated heterocycles. The Bertz CT molecular complexity index is 241. The van der Waals surface area contributed by atoms with E-state index < -0.39 is 0 Å². The molecule has 12 heavy (non-hydrogen) atoms. The van der Waals surface area contributed by atoms with Gasteiger partial charge in [-0.25, -0.2) is 0 Å². The molecular weight excluding hydrogens is 168 g/mol. The monoisotopic (exact) mass is 184 g/mol. The fraction of sp³-hybridized carbons (Fsp3) is 0.818. The highest BCUT2D eigenvalue weighted by Gasteiger charge is 2.48. The maximum absolute atomic E-state index is 6.47. The lowest BCUT2D eigenvalue weighted by atomic mass is 9.73. The van der Waals surface area contributed by atoms with Gasteiger partial charge < -0.3 is 0 Å². The number of hydrogen-bond donors (Lipinski definition) is 0. The molecule has 3 atom stereocenters. The van der Waals surface area contributed by atoms with Crippen LogP contribution >= 0.6 is 11.6 Å². The highest BCUT2D eigenvalue weighted by Crippen LogP contribution is 2.56. The first kappa shape index (κ1) is 8.62. The standard InChI is InChI=1S/C11H17Cl/c1-7-8(2)11(3)6-4-5-9(7)10(11)12/h9-10H,4-6H2,1-3H3/t9-,10-,11+/m0/s1. The molecule has 2 bridgehead atoms. The molecule has 68 valence electrons. The Hall–Kier alpha value is 0.0300. The van der Waals surface area contributed by atoms with Crippen LogP contribution < -0.4 is 0 Å². The summed E-state index contributed by atoms with van der Waals surface area (Å²) in [5.74, 6) is 0.686. The molecule has 0 radical (unpaired) electrons. The molecule has 0 amide bonds. The van der Waals surface area contributed by atoms with Crippen LogP contribution in [0.25, 0.3) is 0 Å². The third-order valence-electron chi connectivity index (χ3n) is 4.18. The molecule has 1 fully saturated rings. The Morgan fingerprint density at radius 3 is 2.58 bits per heavy atom. The fourth-order valence-corrected chi connectivity index (χ4v) is 3.56. The second-order valence-corrected chi connectivity index (χ2v) is 5.10. The van der Waals surface area contributed by atoms with Crippen LogP contribution in [0.1, 0.15) is 40.0 Å². The summed E-state index contributed by atoms with van der Waals surface area (Å²) in [4.78, 5) is 0. The van der Waals surface area contributed by atoms with Crippen LogP contribution in [0, 0.1) is 11.3 Å². The summed E-state index contributed by atoms with van der Waals surface area (Å²) in [6.45, 7) is 6.88. The van der Waals surface area contributed by atoms with E-state index >= 15 is 0 Å². The van der Waals surface area contributed by atoms with Gasteiger partial charge in [-0.15, -0.1) is 11.6 Å². The van der Waals surface area contributed by atoms with E-state index in [-0.39, 0.29) is 0 Å². The number of alkyl halides is 1. The average molecular weight is 185 g/mol. The van der Waals surface area contributed by atoms with Gasteiger partial charge in [-0.3, -0.25) is 0 Å². The largest absolute Gasteiger partial charge is 0.121 e. The number of rotatable bonds is 0. The summed E-state index contributed by atoms with van der Waals surface area (Å²) in [6, 6.07) is 0. The van der Waals surface area contributed by atoms with Crippen molar-refractivity contribution in [1.29, 1.82) is 0 Å². The summed E-state index contributed by atoms with van der Waals surface area (Å²) in [6.07, 6.45) is 3.97. The normalized spacial score (nSPS) is 47.0. The molecule has 2 aliphatic carbocycles. The smallest absolute Gasteiger partial charge is 0.0492 e. The van der Waals surface area contributed by atoms with Crippen LogP contribution in [0.15, 0.2) is 11.1 Å². The third kappa shape index (κ3) is 0.849. The van der Waals surface area contributed by atoms with Crippen molar-refractivity contribution >= 4 is 11.6 Å². The first-order valence-corrected chi connectivity index (χ1v) is 5.33. The van der Waals surface area contributed by atoms with Crippen LogP contribution in [0.2, 0.25) is 0 Å². The lowest BCUT2D eigenvalue weighted by Crippen LogP contribution is -2.32. The van der Waals surface area contributed by atoms with E-state index in [2.05, 4.69) is 20.8 Å². The Labute approximate surface area is 80.0 Å². The number of halogens is 1. The van der Waals surface area contributed by atoms with Crippen molar-refractivity contribution in [2.45, 2.75) is 45.4 Å². The molecule has 2 rings (SSSR count). The van der Waals surface area contributed by atoms with Crippen LogP contribution in [-0.4, -0.2) is 5.38 Å². The Morgan fingerprint density at radius 2 is 2.08 bits per heavy atom. The number of allylic oxidation sites excluding steroid dienone is 2. The van der Waals surface area contributed by atoms with Gasteiger partial charge in [0.25, 0.3) is 0 Å². The topological polar surface area (TPSA) is 0 Å². The minimum absolute atomic E-state index is 0.328. The number of hydrogen-bond acceptors (Lipinski definition) is 0. The SMILES string of the molecule is CC1=C(C)[C@@]2(C)CCC[C@@H]1[C@@H]2Cl. The molecule has 0 spiro atoms. The second kappa shape index (κ2) is 2.51. The predicted octanol–water partition coefficient (Wildman–Crippen LogP) is 3.75. The van der Waals surface area contributed by atoms with Crippen molar-refractivity contribution in [2.24, 2.45) is 11.3 Å². The van der Waals surface area contributed by atoms with E-state index in [0.29, 0.717) is 16.7 Å². The molecule has 2 aliphatic rings. The number of fused-ring (bicyclic) bond motifs is 2. The molecule has 0 N–H and O–H groups in total. The van der Waals surface area contributed by atoms with Gasteiger partial charge in [0.2, 0.25) is 0 Å². The molecule has 0 aromatic rings. The summed E-state index contributed by atoms with van der Waals surface area (Å²) < 4.78 is 0. The van der Waals surface area contributed by atoms with Gasteiger partial charge in [0.05, 0.1) is 0 Å². The summed E-state index contributed by atoms with van der Waals surface area (Å²) in [5, 5.41) is 0.381. The highest BCUT2D eigenvalue weighted by atomic mass is 35.5. The Morgan fingerprint density at radius 1 is 1.42 bits per heavy atom. The van der Waals surface area contributed by atoms with Gasteiger partial charge in [-0.2, -0.15) is 0 Å². The minimum atomic E-state index is 0.328. The molecule has 1 heteroatoms. The quantitative estimate of drug-likeness (QED) is 0.398. The van der Waals surface area contributed by atoms with E-state index in [1.54, 1.807) is 11.1 Å². The Kier molecular flexibility index (Phi) is 1.80. The van der Waals surface area contributed by atoms with Crippen molar-refractivity contribution in [3.63, 3.8) is 0 Å². The van der Waals surface area contributed by atoms with E-state index in [1.807, 2.05) is 0 Å². The van der Waals surface area contributed by atoms with Gasteiger partial charge in [-0.05, 0) is 32.6 Å². The molecule has 0 aromatic heterocycles. The van der Waals surface area contributed by atoms with Gasteiger partial charge >= 0.3 is 0 Å². The van der Waals surface area contributed by atoms with Crippen molar-refractivity contribution in [3.8, 4) is 0 Å². The first-order chi connectivity index (χ1) is 5.57. The third-order valence-corrected chi connectivity index (χ3v) is 4.96. The van der Waals surface area contributed by atoms with Crippen LogP contribution in [0.3, 0.4) is 0 Å². The fourth-order valence-electron chi connectivity index (χ4n) is 2.98. The zero-order valence-electron chi connectivity index (χ0n) is 8.15. The minimum Gasteiger partial charge on any atom is -0.121 e. The van der Waals surface area contributed by atoms with Crippen LogP contribution in [-0.2, 0) is 0 Å². The van der Waals surface area contributed by atoms with Gasteiger partial charge in [-0.1, -0.05) is 24.5 Å². The highest BCUT2D eigenvalue weighted by molar-refractivity contribution is 6.22. The summed E-state index contributed by atoms with van der Waals surface area (Å²) >= 11 is 6.47. The van der Waals surface area contributed by atoms with Crippen LogP contribution in [0.5, 0.6) is 0 Å². The van der Waals surface area contributed by atoms with Crippen molar-refractivity contribution in [1.82, 2.24) is 0 Å². The second-order valence-electron chi connectivity index (χ2n) is 4.63. The molecule has 0 aliphatic heterocycles. The molecular formula is C11H17Cl. The maximum Gasteiger partial charge on any atom is 0.0492 e. The van der Waals surface area contributed by atoms with Gasteiger partial charge in [0, 0.05) is 10.8 Å². The summed E-state index contributed by atoms with van der Waals surface area (Å²) in [5.41, 5.74) is 3.48. The Balaban J connectivity index is 2.45. The molecule has 0 heterocycles. The van der Waals surface area contributed by atoms with Gasteiger partial charge in [0.1, 0.15) is 0 Å². The van der Waals surface area contributed by atoms with Crippen molar-refractivity contribution in [2.75, 3.05) is 0 Å². The van der Waals surface area contributed by atoms with Gasteiger partial charge in [0.15, 0.2) is 0 Å². The van der Waals surface area contributed by atoms with Crippen molar-refractivity contribution in [3.05, 3.63) is 11.1 Å². The maximum atomic E-state index is 6.47. The molecule has 0 unspecified atom stereocenters. The first-order valence-electron chi connectivity index (χ1n) is 4.89.